The van der Waals surface area contributed by atoms with Crippen molar-refractivity contribution in [1.82, 2.24) is 10.2 Å². The molecule has 2 rings (SSSR count). The van der Waals surface area contributed by atoms with Gasteiger partial charge in [0, 0.05) is 22.3 Å². The van der Waals surface area contributed by atoms with Gasteiger partial charge >= 0.3 is 0 Å². The van der Waals surface area contributed by atoms with Gasteiger partial charge in [0.15, 0.2) is 0 Å². The van der Waals surface area contributed by atoms with Gasteiger partial charge in [0.05, 0.1) is 0 Å². The third-order valence-corrected chi connectivity index (χ3v) is 5.85. The van der Waals surface area contributed by atoms with Gasteiger partial charge in [0.1, 0.15) is 0 Å². The summed E-state index contributed by atoms with van der Waals surface area (Å²) < 4.78 is 0. The minimum absolute atomic E-state index is 0.640. The van der Waals surface area contributed by atoms with Crippen LogP contribution in [-0.4, -0.2) is 30.6 Å². The molecule has 1 aromatic rings. The van der Waals surface area contributed by atoms with E-state index in [-0.39, 0.29) is 0 Å². The number of nitrogens with zero attached hydrogens (tertiary/aromatic N) is 1. The van der Waals surface area contributed by atoms with Crippen LogP contribution in [0.1, 0.15) is 48.4 Å². The molecule has 3 heteroatoms. The quantitative estimate of drug-likeness (QED) is 0.854. The van der Waals surface area contributed by atoms with Crippen LogP contribution in [0.5, 0.6) is 0 Å². The summed E-state index contributed by atoms with van der Waals surface area (Å²) in [6.45, 7) is 14.0. The molecule has 0 spiro atoms. The van der Waals surface area contributed by atoms with E-state index < -0.39 is 0 Å². The number of likely N-dealkylation sites (tertiary alicyclic amines) is 1. The molecular weight excluding hydrogens is 264 g/mol. The standard InChI is InChI=1S/C17H30N2S/c1-5-8-19-9-6-16(7-10-19)14(3)18-12-17-11-13(2)15(4)20-17/h11,14,16,18H,5-10,12H2,1-4H3. The molecule has 1 N–H and O–H groups in total. The van der Waals surface area contributed by atoms with E-state index in [0.29, 0.717) is 6.04 Å². The highest BCUT2D eigenvalue weighted by atomic mass is 32.1. The molecule has 0 radical (unpaired) electrons. The highest BCUT2D eigenvalue weighted by Gasteiger charge is 2.23. The summed E-state index contributed by atoms with van der Waals surface area (Å²) in [6, 6.07) is 2.98. The van der Waals surface area contributed by atoms with Crippen molar-refractivity contribution in [3.8, 4) is 0 Å². The molecule has 2 heterocycles. The number of piperidine rings is 1. The van der Waals surface area contributed by atoms with Gasteiger partial charge < -0.3 is 10.2 Å². The second-order valence-corrected chi connectivity index (χ2v) is 7.64. The van der Waals surface area contributed by atoms with Crippen LogP contribution in [0.2, 0.25) is 0 Å². The van der Waals surface area contributed by atoms with E-state index >= 15 is 0 Å². The Balaban J connectivity index is 1.74. The van der Waals surface area contributed by atoms with Gasteiger partial charge in [-0.25, -0.2) is 0 Å². The monoisotopic (exact) mass is 294 g/mol. The molecule has 1 aliphatic heterocycles. The average molecular weight is 295 g/mol. The largest absolute Gasteiger partial charge is 0.309 e. The van der Waals surface area contributed by atoms with Crippen molar-refractivity contribution < 1.29 is 0 Å². The van der Waals surface area contributed by atoms with Gasteiger partial charge in [-0.3, -0.25) is 0 Å². The molecule has 0 aromatic carbocycles. The fourth-order valence-corrected chi connectivity index (χ4v) is 4.16. The molecule has 0 saturated carbocycles. The predicted octanol–water partition coefficient (Wildman–Crippen LogP) is 3.97. The molecule has 2 nitrogen and oxygen atoms in total. The number of nitrogens with one attached hydrogen (secondary N) is 1. The van der Waals surface area contributed by atoms with Crippen LogP contribution >= 0.6 is 11.3 Å². The van der Waals surface area contributed by atoms with Crippen LogP contribution in [-0.2, 0) is 6.54 Å². The van der Waals surface area contributed by atoms with E-state index in [9.17, 15) is 0 Å². The first-order valence-corrected chi connectivity index (χ1v) is 8.93. The Bertz CT molecular complexity index is 386. The smallest absolute Gasteiger partial charge is 0.0302 e. The van der Waals surface area contributed by atoms with Gasteiger partial charge in [-0.05, 0) is 77.2 Å². The maximum absolute atomic E-state index is 3.75. The lowest BCUT2D eigenvalue weighted by Gasteiger charge is -2.35. The van der Waals surface area contributed by atoms with Crippen LogP contribution in [0.4, 0.5) is 0 Å². The van der Waals surface area contributed by atoms with Crippen LogP contribution in [0.3, 0.4) is 0 Å². The van der Waals surface area contributed by atoms with Crippen molar-refractivity contribution in [3.05, 3.63) is 21.4 Å². The highest BCUT2D eigenvalue weighted by molar-refractivity contribution is 7.12. The lowest BCUT2D eigenvalue weighted by molar-refractivity contribution is 0.162. The average Bonchev–Trinajstić information content (AvgIpc) is 2.76. The second-order valence-electron chi connectivity index (χ2n) is 6.30. The van der Waals surface area contributed by atoms with Crippen LogP contribution in [0.25, 0.3) is 0 Å². The van der Waals surface area contributed by atoms with Crippen LogP contribution in [0.15, 0.2) is 6.07 Å². The fraction of sp³-hybridized carbons (Fsp3) is 0.765. The Labute approximate surface area is 128 Å². The summed E-state index contributed by atoms with van der Waals surface area (Å²) in [5.41, 5.74) is 1.44. The lowest BCUT2D eigenvalue weighted by Crippen LogP contribution is -2.41. The molecule has 114 valence electrons. The number of hydrogen-bond acceptors (Lipinski definition) is 3. The minimum atomic E-state index is 0.640. The van der Waals surface area contributed by atoms with Crippen molar-refractivity contribution in [1.29, 1.82) is 0 Å². The molecule has 1 atom stereocenters. The van der Waals surface area contributed by atoms with Gasteiger partial charge in [0.25, 0.3) is 0 Å². The molecule has 0 aliphatic carbocycles. The van der Waals surface area contributed by atoms with E-state index in [1.54, 1.807) is 0 Å². The summed E-state index contributed by atoms with van der Waals surface area (Å²) in [5, 5.41) is 3.75. The Hall–Kier alpha value is -0.380. The molecule has 0 bridgehead atoms. The number of rotatable bonds is 6. The Morgan fingerprint density at radius 1 is 1.35 bits per heavy atom. The highest BCUT2D eigenvalue weighted by Crippen LogP contribution is 2.23. The number of aryl methyl sites for hydroxylation is 2. The van der Waals surface area contributed by atoms with E-state index in [2.05, 4.69) is 44.0 Å². The van der Waals surface area contributed by atoms with E-state index in [1.807, 2.05) is 11.3 Å². The van der Waals surface area contributed by atoms with Gasteiger partial charge in [-0.1, -0.05) is 6.92 Å². The topological polar surface area (TPSA) is 15.3 Å². The first kappa shape index (κ1) is 16.0. The Morgan fingerprint density at radius 3 is 2.60 bits per heavy atom. The third-order valence-electron chi connectivity index (χ3n) is 4.69. The molecule has 1 aliphatic rings. The molecule has 1 fully saturated rings. The van der Waals surface area contributed by atoms with E-state index in [0.717, 1.165) is 12.5 Å². The summed E-state index contributed by atoms with van der Waals surface area (Å²) in [7, 11) is 0. The van der Waals surface area contributed by atoms with Crippen molar-refractivity contribution in [3.63, 3.8) is 0 Å². The number of thiophene rings is 1. The molecular formula is C17H30N2S. The molecule has 20 heavy (non-hydrogen) atoms. The zero-order valence-corrected chi connectivity index (χ0v) is 14.4. The first-order chi connectivity index (χ1) is 9.60. The Morgan fingerprint density at radius 2 is 2.05 bits per heavy atom. The normalized spacial score (nSPS) is 19.4. The summed E-state index contributed by atoms with van der Waals surface area (Å²) in [4.78, 5) is 5.56. The van der Waals surface area contributed by atoms with Crippen molar-refractivity contribution in [2.24, 2.45) is 5.92 Å². The van der Waals surface area contributed by atoms with Gasteiger partial charge in [-0.15, -0.1) is 11.3 Å². The second kappa shape index (κ2) is 7.58. The van der Waals surface area contributed by atoms with Crippen molar-refractivity contribution in [2.45, 2.75) is 59.5 Å². The van der Waals surface area contributed by atoms with Crippen LogP contribution < -0.4 is 5.32 Å². The maximum Gasteiger partial charge on any atom is 0.0302 e. The lowest BCUT2D eigenvalue weighted by atomic mass is 9.90. The van der Waals surface area contributed by atoms with Gasteiger partial charge in [-0.2, -0.15) is 0 Å². The van der Waals surface area contributed by atoms with Crippen LogP contribution in [0, 0.1) is 19.8 Å². The molecule has 1 unspecified atom stereocenters. The zero-order valence-electron chi connectivity index (χ0n) is 13.5. The first-order valence-electron chi connectivity index (χ1n) is 8.11. The molecule has 0 amide bonds. The van der Waals surface area contributed by atoms with Gasteiger partial charge in [0.2, 0.25) is 0 Å². The third kappa shape index (κ3) is 4.31. The van der Waals surface area contributed by atoms with E-state index in [1.165, 1.54) is 54.2 Å². The Kier molecular flexibility index (Phi) is 6.06. The summed E-state index contributed by atoms with van der Waals surface area (Å²) >= 11 is 1.94. The summed E-state index contributed by atoms with van der Waals surface area (Å²) in [5.74, 6) is 0.852. The number of hydrogen-bond donors (Lipinski definition) is 1. The van der Waals surface area contributed by atoms with Crippen molar-refractivity contribution >= 4 is 11.3 Å². The zero-order chi connectivity index (χ0) is 14.5. The fourth-order valence-electron chi connectivity index (χ4n) is 3.16. The van der Waals surface area contributed by atoms with Crippen molar-refractivity contribution in [2.75, 3.05) is 19.6 Å². The summed E-state index contributed by atoms with van der Waals surface area (Å²) in [6.07, 6.45) is 4.00. The predicted molar refractivity (Wildman–Crippen MR) is 89.5 cm³/mol. The maximum atomic E-state index is 3.75. The SMILES string of the molecule is CCCN1CCC(C(C)NCc2cc(C)c(C)s2)CC1. The molecule has 1 saturated heterocycles. The van der Waals surface area contributed by atoms with E-state index in [4.69, 9.17) is 0 Å². The molecule has 1 aromatic heterocycles. The minimum Gasteiger partial charge on any atom is -0.309 e.